The van der Waals surface area contributed by atoms with Crippen molar-refractivity contribution in [1.82, 2.24) is 28.8 Å². The lowest BCUT2D eigenvalue weighted by Gasteiger charge is -2.44. The lowest BCUT2D eigenvalue weighted by Crippen LogP contribution is -2.58. The van der Waals surface area contributed by atoms with Gasteiger partial charge in [0.15, 0.2) is 5.82 Å². The van der Waals surface area contributed by atoms with Crippen LogP contribution in [0.5, 0.6) is 5.88 Å². The van der Waals surface area contributed by atoms with Crippen LogP contribution in [0.4, 0.5) is 17.6 Å². The van der Waals surface area contributed by atoms with E-state index in [2.05, 4.69) is 25.5 Å². The molecule has 1 unspecified atom stereocenters. The van der Waals surface area contributed by atoms with Gasteiger partial charge in [-0.05, 0) is 32.1 Å². The smallest absolute Gasteiger partial charge is 0.282 e. The van der Waals surface area contributed by atoms with E-state index in [-0.39, 0.29) is 24.7 Å². The van der Waals surface area contributed by atoms with Crippen LogP contribution in [-0.2, 0) is 16.8 Å². The molecule has 5 heterocycles. The Morgan fingerprint density at radius 1 is 1.21 bits per heavy atom. The maximum absolute atomic E-state index is 13.1. The summed E-state index contributed by atoms with van der Waals surface area (Å²) >= 11 is 0. The van der Waals surface area contributed by atoms with Gasteiger partial charge in [0.25, 0.3) is 10.2 Å². The second-order valence-corrected chi connectivity index (χ2v) is 10.7. The van der Waals surface area contributed by atoms with Crippen molar-refractivity contribution >= 4 is 27.8 Å². The lowest BCUT2D eigenvalue weighted by molar-refractivity contribution is 0.192. The van der Waals surface area contributed by atoms with Gasteiger partial charge in [-0.15, -0.1) is 0 Å². The lowest BCUT2D eigenvalue weighted by atomic mass is 9.99. The van der Waals surface area contributed by atoms with Crippen molar-refractivity contribution in [3.8, 4) is 5.88 Å². The van der Waals surface area contributed by atoms with Gasteiger partial charge in [0.05, 0.1) is 19.4 Å². The van der Waals surface area contributed by atoms with Crippen LogP contribution in [0.1, 0.15) is 37.8 Å². The summed E-state index contributed by atoms with van der Waals surface area (Å²) in [5.41, 5.74) is 0.589. The molecule has 3 saturated heterocycles. The molecule has 0 aromatic carbocycles. The minimum absolute atomic E-state index is 0.00552. The molecule has 33 heavy (non-hydrogen) atoms. The maximum atomic E-state index is 13.1. The van der Waals surface area contributed by atoms with E-state index < -0.39 is 10.2 Å². The molecule has 3 atom stereocenters. The van der Waals surface area contributed by atoms with E-state index in [9.17, 15) is 13.5 Å². The second-order valence-electron chi connectivity index (χ2n) is 8.87. The first-order valence-electron chi connectivity index (χ1n) is 11.3. The molecule has 3 aliphatic rings. The quantitative estimate of drug-likeness (QED) is 0.503. The molecule has 13 heteroatoms. The second kappa shape index (κ2) is 8.70. The summed E-state index contributed by atoms with van der Waals surface area (Å²) in [5, 5.41) is 19.2. The zero-order valence-corrected chi connectivity index (χ0v) is 19.6. The van der Waals surface area contributed by atoms with Gasteiger partial charge in [-0.3, -0.25) is 5.10 Å². The normalized spacial score (nSPS) is 25.6. The van der Waals surface area contributed by atoms with Crippen LogP contribution in [-0.4, -0.2) is 87.7 Å². The van der Waals surface area contributed by atoms with Crippen LogP contribution in [0.25, 0.3) is 0 Å². The highest BCUT2D eigenvalue weighted by Gasteiger charge is 2.50. The molecule has 2 aromatic heterocycles. The standard InChI is InChI=1S/C20H30N8O4S/c1-26(16-9-14-4-5-15(10-16)28(14)33(30,31)27-6-3-7-27)20-22-17(11-19(23-20)32-2)21-18-8-13(12-29)24-25-18/h8,11,14-16,29H,3-7,9-10,12H2,1-2H3,(H2,21,22,23,24,25)/t14-,15+,16?. The number of ether oxygens (including phenoxy) is 1. The molecule has 0 spiro atoms. The molecular formula is C20H30N8O4S. The predicted octanol–water partition coefficient (Wildman–Crippen LogP) is 0.826. The molecule has 12 nitrogen and oxygen atoms in total. The third-order valence-corrected chi connectivity index (χ3v) is 9.02. The number of aromatic nitrogens is 4. The Balaban J connectivity index is 1.34. The monoisotopic (exact) mass is 478 g/mol. The Kier molecular flexibility index (Phi) is 5.89. The molecule has 5 rings (SSSR count). The minimum atomic E-state index is -3.37. The molecule has 3 fully saturated rings. The van der Waals surface area contributed by atoms with Gasteiger partial charge in [0.2, 0.25) is 11.8 Å². The molecular weight excluding hydrogens is 448 g/mol. The number of nitrogens with zero attached hydrogens (tertiary/aromatic N) is 6. The van der Waals surface area contributed by atoms with Crippen molar-refractivity contribution in [2.75, 3.05) is 37.5 Å². The number of anilines is 3. The number of nitrogens with one attached hydrogen (secondary N) is 2. The SMILES string of the molecule is COc1cc(Nc2cc(CO)[nH]n2)nc(N(C)C2C[C@H]3CC[C@@H](C2)N3S(=O)(=O)N2CCC2)n1. The number of aromatic amines is 1. The highest BCUT2D eigenvalue weighted by molar-refractivity contribution is 7.86. The van der Waals surface area contributed by atoms with Crippen LogP contribution < -0.4 is 15.0 Å². The number of piperidine rings is 1. The largest absolute Gasteiger partial charge is 0.481 e. The number of methoxy groups -OCH3 is 1. The highest BCUT2D eigenvalue weighted by Crippen LogP contribution is 2.41. The summed E-state index contributed by atoms with van der Waals surface area (Å²) in [6.07, 6.45) is 4.20. The number of hydrogen-bond donors (Lipinski definition) is 3. The molecule has 0 saturated carbocycles. The highest BCUT2D eigenvalue weighted by atomic mass is 32.2. The van der Waals surface area contributed by atoms with E-state index in [1.54, 1.807) is 27.9 Å². The van der Waals surface area contributed by atoms with Crippen molar-refractivity contribution in [1.29, 1.82) is 0 Å². The van der Waals surface area contributed by atoms with Crippen molar-refractivity contribution in [3.63, 3.8) is 0 Å². The zero-order chi connectivity index (χ0) is 23.2. The fourth-order valence-corrected chi connectivity index (χ4v) is 7.11. The van der Waals surface area contributed by atoms with Crippen LogP contribution in [0.2, 0.25) is 0 Å². The van der Waals surface area contributed by atoms with Gasteiger partial charge in [-0.25, -0.2) is 0 Å². The van der Waals surface area contributed by atoms with Crippen molar-refractivity contribution in [2.45, 2.75) is 56.8 Å². The van der Waals surface area contributed by atoms with Gasteiger partial charge in [0.1, 0.15) is 5.82 Å². The van der Waals surface area contributed by atoms with Gasteiger partial charge in [-0.2, -0.15) is 32.1 Å². The Labute approximate surface area is 193 Å². The van der Waals surface area contributed by atoms with Crippen LogP contribution in [0, 0.1) is 0 Å². The third-order valence-electron chi connectivity index (χ3n) is 6.87. The first-order valence-corrected chi connectivity index (χ1v) is 12.7. The van der Waals surface area contributed by atoms with E-state index >= 15 is 0 Å². The average Bonchev–Trinajstić information content (AvgIpc) is 3.33. The van der Waals surface area contributed by atoms with E-state index in [0.717, 1.165) is 32.1 Å². The third kappa shape index (κ3) is 4.14. The van der Waals surface area contributed by atoms with Gasteiger partial charge in [0, 0.05) is 50.4 Å². The number of aliphatic hydroxyl groups is 1. The Morgan fingerprint density at radius 2 is 1.94 bits per heavy atom. The van der Waals surface area contributed by atoms with Crippen LogP contribution in [0.15, 0.2) is 12.1 Å². The number of fused-ring (bicyclic) bond motifs is 2. The van der Waals surface area contributed by atoms with E-state index in [0.29, 0.717) is 42.2 Å². The van der Waals surface area contributed by atoms with Crippen molar-refractivity contribution < 1.29 is 18.3 Å². The average molecular weight is 479 g/mol. The fourth-order valence-electron chi connectivity index (χ4n) is 4.99. The number of hydrogen-bond acceptors (Lipinski definition) is 9. The Morgan fingerprint density at radius 3 is 2.52 bits per heavy atom. The molecule has 0 amide bonds. The number of H-pyrrole nitrogens is 1. The summed E-state index contributed by atoms with van der Waals surface area (Å²) in [7, 11) is 0.126. The summed E-state index contributed by atoms with van der Waals surface area (Å²) in [6.45, 7) is 1.12. The summed E-state index contributed by atoms with van der Waals surface area (Å²) in [6, 6.07) is 3.51. The summed E-state index contributed by atoms with van der Waals surface area (Å²) < 4.78 is 34.9. The molecule has 180 valence electrons. The number of aliphatic hydroxyl groups excluding tert-OH is 1. The fraction of sp³-hybridized carbons (Fsp3) is 0.650. The molecule has 3 aliphatic heterocycles. The maximum Gasteiger partial charge on any atom is 0.282 e. The van der Waals surface area contributed by atoms with E-state index in [4.69, 9.17) is 4.74 Å². The van der Waals surface area contributed by atoms with Crippen molar-refractivity contribution in [2.24, 2.45) is 0 Å². The van der Waals surface area contributed by atoms with Crippen LogP contribution in [0.3, 0.4) is 0 Å². The Bertz CT molecular complexity index is 1090. The zero-order valence-electron chi connectivity index (χ0n) is 18.8. The van der Waals surface area contributed by atoms with Gasteiger partial charge >= 0.3 is 0 Å². The molecule has 0 aliphatic carbocycles. The minimum Gasteiger partial charge on any atom is -0.481 e. The van der Waals surface area contributed by atoms with E-state index in [1.807, 2.05) is 11.9 Å². The van der Waals surface area contributed by atoms with Gasteiger partial charge < -0.3 is 20.1 Å². The van der Waals surface area contributed by atoms with Crippen LogP contribution >= 0.6 is 0 Å². The number of rotatable bonds is 8. The summed E-state index contributed by atoms with van der Waals surface area (Å²) in [4.78, 5) is 11.2. The topological polar surface area (TPSA) is 140 Å². The summed E-state index contributed by atoms with van der Waals surface area (Å²) in [5.74, 6) is 1.95. The molecule has 3 N–H and O–H groups in total. The van der Waals surface area contributed by atoms with E-state index in [1.165, 1.54) is 0 Å². The van der Waals surface area contributed by atoms with Gasteiger partial charge in [-0.1, -0.05) is 0 Å². The molecule has 2 aromatic rings. The van der Waals surface area contributed by atoms with Crippen molar-refractivity contribution in [3.05, 3.63) is 17.8 Å². The molecule has 0 radical (unpaired) electrons. The Hall–Kier alpha value is -2.48. The first kappa shape index (κ1) is 22.3. The first-order chi connectivity index (χ1) is 15.9. The predicted molar refractivity (Wildman–Crippen MR) is 122 cm³/mol. The molecule has 2 bridgehead atoms.